The molecule has 1 atom stereocenters. The van der Waals surface area contributed by atoms with Crippen molar-refractivity contribution in [3.63, 3.8) is 0 Å². The van der Waals surface area contributed by atoms with Crippen LogP contribution >= 0.6 is 0 Å². The Morgan fingerprint density at radius 1 is 1.07 bits per heavy atom. The molecule has 0 amide bonds. The molecule has 0 aromatic heterocycles. The molecule has 1 unspecified atom stereocenters. The molecule has 0 aromatic carbocycles. The first-order valence-electron chi connectivity index (χ1n) is 6.57. The minimum atomic E-state index is 0.0403. The maximum atomic E-state index is 6.02. The van der Waals surface area contributed by atoms with E-state index in [9.17, 15) is 0 Å². The van der Waals surface area contributed by atoms with Crippen molar-refractivity contribution < 1.29 is 4.74 Å². The topological polar surface area (TPSA) is 21.3 Å². The average Bonchev–Trinajstić information content (AvgIpc) is 2.28. The van der Waals surface area contributed by atoms with Gasteiger partial charge in [0.2, 0.25) is 0 Å². The van der Waals surface area contributed by atoms with Crippen LogP contribution in [0.1, 0.15) is 60.3 Å². The summed E-state index contributed by atoms with van der Waals surface area (Å²) in [6.45, 7) is 12.9. The lowest BCUT2D eigenvalue weighted by Gasteiger charge is -2.39. The van der Waals surface area contributed by atoms with E-state index in [0.717, 1.165) is 32.4 Å². The minimum Gasteiger partial charge on any atom is -0.374 e. The molecule has 0 rings (SSSR count). The highest BCUT2D eigenvalue weighted by Gasteiger charge is 2.34. The van der Waals surface area contributed by atoms with Gasteiger partial charge < -0.3 is 10.1 Å². The van der Waals surface area contributed by atoms with Gasteiger partial charge in [0, 0.05) is 12.6 Å². The summed E-state index contributed by atoms with van der Waals surface area (Å²) in [6, 6.07) is 0.493. The Hall–Kier alpha value is -0.0800. The third-order valence-corrected chi connectivity index (χ3v) is 3.31. The van der Waals surface area contributed by atoms with Gasteiger partial charge in [-0.25, -0.2) is 0 Å². The molecule has 0 aliphatic heterocycles. The van der Waals surface area contributed by atoms with Gasteiger partial charge >= 0.3 is 0 Å². The van der Waals surface area contributed by atoms with E-state index in [2.05, 4.69) is 39.9 Å². The lowest BCUT2D eigenvalue weighted by molar-refractivity contribution is -0.0726. The van der Waals surface area contributed by atoms with Crippen molar-refractivity contribution in [2.45, 2.75) is 71.9 Å². The molecule has 0 aliphatic rings. The molecule has 0 spiro atoms. The molecule has 92 valence electrons. The summed E-state index contributed by atoms with van der Waals surface area (Å²) in [5.41, 5.74) is 0.0403. The first kappa shape index (κ1) is 14.9. The fraction of sp³-hybridized carbons (Fsp3) is 1.00. The van der Waals surface area contributed by atoms with Gasteiger partial charge in [0.1, 0.15) is 0 Å². The van der Waals surface area contributed by atoms with E-state index in [1.807, 2.05) is 0 Å². The van der Waals surface area contributed by atoms with Crippen LogP contribution in [0.2, 0.25) is 0 Å². The van der Waals surface area contributed by atoms with Crippen molar-refractivity contribution in [2.75, 3.05) is 13.2 Å². The highest BCUT2D eigenvalue weighted by Crippen LogP contribution is 2.26. The summed E-state index contributed by atoms with van der Waals surface area (Å²) in [7, 11) is 0. The second-order valence-electron chi connectivity index (χ2n) is 4.12. The highest BCUT2D eigenvalue weighted by atomic mass is 16.5. The fourth-order valence-corrected chi connectivity index (χ4v) is 2.36. The SMILES string of the molecule is CCCNC(CC)C(CC)(CC)OCC. The molecular formula is C13H29NO. The quantitative estimate of drug-likeness (QED) is 0.637. The maximum Gasteiger partial charge on any atom is 0.0829 e. The van der Waals surface area contributed by atoms with Gasteiger partial charge in [-0.3, -0.25) is 0 Å². The van der Waals surface area contributed by atoms with Crippen molar-refractivity contribution in [1.29, 1.82) is 0 Å². The predicted molar refractivity (Wildman–Crippen MR) is 67.3 cm³/mol. The molecule has 0 saturated heterocycles. The molecule has 0 aromatic rings. The normalized spacial score (nSPS) is 14.2. The van der Waals surface area contributed by atoms with Crippen LogP contribution in [0.4, 0.5) is 0 Å². The Kier molecular flexibility index (Phi) is 8.07. The van der Waals surface area contributed by atoms with Crippen LogP contribution in [0.25, 0.3) is 0 Å². The molecule has 0 radical (unpaired) electrons. The van der Waals surface area contributed by atoms with Crippen molar-refractivity contribution >= 4 is 0 Å². The third kappa shape index (κ3) is 4.12. The highest BCUT2D eigenvalue weighted by molar-refractivity contribution is 4.90. The smallest absolute Gasteiger partial charge is 0.0829 e. The standard InChI is InChI=1S/C13H29NO/c1-6-11-14-12(7-2)13(8-3,9-4)15-10-5/h12,14H,6-11H2,1-5H3. The van der Waals surface area contributed by atoms with E-state index < -0.39 is 0 Å². The van der Waals surface area contributed by atoms with E-state index in [1.165, 1.54) is 6.42 Å². The largest absolute Gasteiger partial charge is 0.374 e. The summed E-state index contributed by atoms with van der Waals surface area (Å²) < 4.78 is 6.02. The van der Waals surface area contributed by atoms with Crippen molar-refractivity contribution in [3.05, 3.63) is 0 Å². The first-order chi connectivity index (χ1) is 7.20. The van der Waals surface area contributed by atoms with E-state index in [4.69, 9.17) is 4.74 Å². The summed E-state index contributed by atoms with van der Waals surface area (Å²) in [4.78, 5) is 0. The van der Waals surface area contributed by atoms with E-state index in [0.29, 0.717) is 6.04 Å². The summed E-state index contributed by atoms with van der Waals surface area (Å²) in [5.74, 6) is 0. The zero-order valence-electron chi connectivity index (χ0n) is 11.2. The van der Waals surface area contributed by atoms with Gasteiger partial charge in [0.05, 0.1) is 5.60 Å². The summed E-state index contributed by atoms with van der Waals surface area (Å²) in [5, 5.41) is 3.62. The van der Waals surface area contributed by atoms with Gasteiger partial charge in [-0.1, -0.05) is 27.7 Å². The monoisotopic (exact) mass is 215 g/mol. The molecule has 15 heavy (non-hydrogen) atoms. The Balaban J connectivity index is 4.51. The lowest BCUT2D eigenvalue weighted by Crippen LogP contribution is -2.52. The zero-order valence-corrected chi connectivity index (χ0v) is 11.2. The third-order valence-electron chi connectivity index (χ3n) is 3.31. The Bertz CT molecular complexity index is 143. The van der Waals surface area contributed by atoms with Crippen molar-refractivity contribution in [2.24, 2.45) is 0 Å². The van der Waals surface area contributed by atoms with Gasteiger partial charge in [0.25, 0.3) is 0 Å². The van der Waals surface area contributed by atoms with Crippen LogP contribution in [0.3, 0.4) is 0 Å². The van der Waals surface area contributed by atoms with Crippen LogP contribution in [0.5, 0.6) is 0 Å². The van der Waals surface area contributed by atoms with Gasteiger partial charge in [0.15, 0.2) is 0 Å². The predicted octanol–water partition coefficient (Wildman–Crippen LogP) is 3.36. The molecule has 0 heterocycles. The number of nitrogens with one attached hydrogen (secondary N) is 1. The molecule has 0 fully saturated rings. The zero-order chi connectivity index (χ0) is 11.7. The van der Waals surface area contributed by atoms with Gasteiger partial charge in [-0.05, 0) is 39.2 Å². The molecule has 0 saturated carbocycles. The second-order valence-corrected chi connectivity index (χ2v) is 4.12. The van der Waals surface area contributed by atoms with Crippen molar-refractivity contribution in [3.8, 4) is 0 Å². The van der Waals surface area contributed by atoms with E-state index in [1.54, 1.807) is 0 Å². The van der Waals surface area contributed by atoms with E-state index in [-0.39, 0.29) is 5.60 Å². The van der Waals surface area contributed by atoms with Crippen LogP contribution in [-0.4, -0.2) is 24.8 Å². The number of hydrogen-bond acceptors (Lipinski definition) is 2. The Morgan fingerprint density at radius 3 is 2.00 bits per heavy atom. The second kappa shape index (κ2) is 8.12. The maximum absolute atomic E-state index is 6.02. The van der Waals surface area contributed by atoms with Crippen LogP contribution in [0.15, 0.2) is 0 Å². The van der Waals surface area contributed by atoms with Gasteiger partial charge in [-0.15, -0.1) is 0 Å². The molecule has 2 heteroatoms. The number of ether oxygens (including phenoxy) is 1. The molecule has 0 aliphatic carbocycles. The number of hydrogen-bond donors (Lipinski definition) is 1. The average molecular weight is 215 g/mol. The molecule has 1 N–H and O–H groups in total. The van der Waals surface area contributed by atoms with Crippen LogP contribution in [0, 0.1) is 0 Å². The minimum absolute atomic E-state index is 0.0403. The van der Waals surface area contributed by atoms with Crippen LogP contribution < -0.4 is 5.32 Å². The van der Waals surface area contributed by atoms with Crippen molar-refractivity contribution in [1.82, 2.24) is 5.32 Å². The Morgan fingerprint density at radius 2 is 1.67 bits per heavy atom. The molecule has 2 nitrogen and oxygen atoms in total. The summed E-state index contributed by atoms with van der Waals surface area (Å²) in [6.07, 6.45) is 4.51. The summed E-state index contributed by atoms with van der Waals surface area (Å²) >= 11 is 0. The van der Waals surface area contributed by atoms with Crippen LogP contribution in [-0.2, 0) is 4.74 Å². The fourth-order valence-electron chi connectivity index (χ4n) is 2.36. The van der Waals surface area contributed by atoms with E-state index >= 15 is 0 Å². The lowest BCUT2D eigenvalue weighted by atomic mass is 9.86. The number of rotatable bonds is 9. The Labute approximate surface area is 95.8 Å². The molecule has 0 bridgehead atoms. The molecular weight excluding hydrogens is 186 g/mol. The first-order valence-corrected chi connectivity index (χ1v) is 6.57. The van der Waals surface area contributed by atoms with Gasteiger partial charge in [-0.2, -0.15) is 0 Å².